The van der Waals surface area contributed by atoms with Crippen LogP contribution in [0, 0.1) is 13.8 Å². The highest BCUT2D eigenvalue weighted by atomic mass is 16.1. The smallest absolute Gasteiger partial charge is 0.248 e. The number of hydrogen-bond acceptors (Lipinski definition) is 4. The van der Waals surface area contributed by atoms with Gasteiger partial charge in [0.25, 0.3) is 0 Å². The maximum Gasteiger partial charge on any atom is 0.248 e. The molecule has 32 heavy (non-hydrogen) atoms. The zero-order valence-electron chi connectivity index (χ0n) is 18.1. The van der Waals surface area contributed by atoms with Gasteiger partial charge in [-0.05, 0) is 56.3 Å². The van der Waals surface area contributed by atoms with E-state index in [1.54, 1.807) is 54.3 Å². The molecule has 2 aromatic carbocycles. The van der Waals surface area contributed by atoms with Gasteiger partial charge in [0.2, 0.25) is 11.7 Å². The van der Waals surface area contributed by atoms with Crippen LogP contribution in [-0.2, 0) is 11.8 Å². The van der Waals surface area contributed by atoms with Crippen molar-refractivity contribution in [1.82, 2.24) is 19.3 Å². The Bertz CT molecular complexity index is 1300. The second kappa shape index (κ2) is 8.85. The van der Waals surface area contributed by atoms with Gasteiger partial charge in [0.1, 0.15) is 0 Å². The number of benzene rings is 2. The standard InChI is InChI=1S/C25H23N5O2/c1-17-22(18(2)30(28-17)21-7-5-4-6-8-21)13-14-23(31)27-20-11-9-19(10-12-20)24(32)25-26-15-16-29(25)3/h4-16H,1-3H3,(H,27,31)/b14-13+. The van der Waals surface area contributed by atoms with Crippen molar-refractivity contribution in [2.75, 3.05) is 5.32 Å². The van der Waals surface area contributed by atoms with Gasteiger partial charge >= 0.3 is 0 Å². The van der Waals surface area contributed by atoms with Crippen LogP contribution in [0.25, 0.3) is 11.8 Å². The highest BCUT2D eigenvalue weighted by molar-refractivity contribution is 6.07. The molecule has 0 unspecified atom stereocenters. The number of anilines is 1. The van der Waals surface area contributed by atoms with Crippen molar-refractivity contribution in [1.29, 1.82) is 0 Å². The minimum absolute atomic E-state index is 0.170. The molecule has 0 radical (unpaired) electrons. The Kier molecular flexibility index (Phi) is 5.81. The van der Waals surface area contributed by atoms with Crippen LogP contribution in [0.4, 0.5) is 5.69 Å². The predicted octanol–water partition coefficient (Wildman–Crippen LogP) is 4.11. The van der Waals surface area contributed by atoms with Gasteiger partial charge in [0.05, 0.1) is 11.4 Å². The lowest BCUT2D eigenvalue weighted by Crippen LogP contribution is -2.10. The number of carbonyl (C=O) groups is 2. The number of nitrogens with zero attached hydrogens (tertiary/aromatic N) is 4. The van der Waals surface area contributed by atoms with E-state index in [0.29, 0.717) is 17.1 Å². The Morgan fingerprint density at radius 1 is 1.00 bits per heavy atom. The summed E-state index contributed by atoms with van der Waals surface area (Å²) in [6.07, 6.45) is 6.56. The third kappa shape index (κ3) is 4.27. The van der Waals surface area contributed by atoms with E-state index in [1.165, 1.54) is 6.08 Å². The Labute approximate surface area is 186 Å². The monoisotopic (exact) mass is 425 g/mol. The summed E-state index contributed by atoms with van der Waals surface area (Å²) < 4.78 is 3.54. The van der Waals surface area contributed by atoms with E-state index in [1.807, 2.05) is 48.9 Å². The summed E-state index contributed by atoms with van der Waals surface area (Å²) >= 11 is 0. The fourth-order valence-corrected chi connectivity index (χ4v) is 3.48. The Morgan fingerprint density at radius 3 is 2.38 bits per heavy atom. The van der Waals surface area contributed by atoms with Crippen LogP contribution >= 0.6 is 0 Å². The highest BCUT2D eigenvalue weighted by Crippen LogP contribution is 2.19. The molecule has 2 aromatic heterocycles. The Hall–Kier alpha value is -4.26. The first-order valence-corrected chi connectivity index (χ1v) is 10.2. The van der Waals surface area contributed by atoms with Gasteiger partial charge in [-0.25, -0.2) is 9.67 Å². The number of amides is 1. The maximum atomic E-state index is 12.5. The number of hydrogen-bond donors (Lipinski definition) is 1. The number of para-hydroxylation sites is 1. The predicted molar refractivity (Wildman–Crippen MR) is 124 cm³/mol. The lowest BCUT2D eigenvalue weighted by atomic mass is 10.1. The van der Waals surface area contributed by atoms with Gasteiger partial charge < -0.3 is 9.88 Å². The fourth-order valence-electron chi connectivity index (χ4n) is 3.48. The molecule has 0 spiro atoms. The number of rotatable bonds is 6. The molecule has 4 aromatic rings. The molecular formula is C25H23N5O2. The molecule has 0 aliphatic rings. The van der Waals surface area contributed by atoms with E-state index >= 15 is 0 Å². The summed E-state index contributed by atoms with van der Waals surface area (Å²) in [5, 5.41) is 7.41. The van der Waals surface area contributed by atoms with E-state index < -0.39 is 0 Å². The van der Waals surface area contributed by atoms with Crippen LogP contribution in [0.5, 0.6) is 0 Å². The molecule has 0 atom stereocenters. The zero-order chi connectivity index (χ0) is 22.7. The molecule has 0 fully saturated rings. The van der Waals surface area contributed by atoms with Crippen molar-refractivity contribution < 1.29 is 9.59 Å². The van der Waals surface area contributed by atoms with Gasteiger partial charge in [-0.3, -0.25) is 9.59 Å². The van der Waals surface area contributed by atoms with E-state index in [-0.39, 0.29) is 11.7 Å². The average molecular weight is 425 g/mol. The van der Waals surface area contributed by atoms with Crippen LogP contribution < -0.4 is 5.32 Å². The molecule has 0 saturated heterocycles. The third-order valence-corrected chi connectivity index (χ3v) is 5.19. The topological polar surface area (TPSA) is 81.8 Å². The minimum Gasteiger partial charge on any atom is -0.331 e. The van der Waals surface area contributed by atoms with Crippen LogP contribution in [0.1, 0.15) is 33.1 Å². The van der Waals surface area contributed by atoms with E-state index in [9.17, 15) is 9.59 Å². The molecule has 160 valence electrons. The third-order valence-electron chi connectivity index (χ3n) is 5.19. The Balaban J connectivity index is 1.45. The first-order chi connectivity index (χ1) is 15.4. The van der Waals surface area contributed by atoms with Gasteiger partial charge in [-0.1, -0.05) is 18.2 Å². The van der Waals surface area contributed by atoms with E-state index in [4.69, 9.17) is 0 Å². The summed E-state index contributed by atoms with van der Waals surface area (Å²) in [5.74, 6) is -0.0670. The number of aryl methyl sites for hydroxylation is 2. The van der Waals surface area contributed by atoms with Crippen LogP contribution in [0.15, 0.2) is 73.1 Å². The van der Waals surface area contributed by atoms with Crippen LogP contribution in [0.2, 0.25) is 0 Å². The number of aromatic nitrogens is 4. The first kappa shape index (κ1) is 21.0. The molecule has 7 heteroatoms. The number of carbonyl (C=O) groups excluding carboxylic acids is 2. The quantitative estimate of drug-likeness (QED) is 0.372. The molecule has 1 amide bonds. The zero-order valence-corrected chi connectivity index (χ0v) is 18.1. The molecule has 2 heterocycles. The SMILES string of the molecule is Cc1nn(-c2ccccc2)c(C)c1/C=C/C(=O)Nc1ccc(C(=O)c2nccn2C)cc1. The normalized spacial score (nSPS) is 11.1. The second-order valence-corrected chi connectivity index (χ2v) is 7.42. The molecule has 4 rings (SSSR count). The number of ketones is 1. The average Bonchev–Trinajstić information content (AvgIpc) is 3.35. The summed E-state index contributed by atoms with van der Waals surface area (Å²) in [6.45, 7) is 3.89. The highest BCUT2D eigenvalue weighted by Gasteiger charge is 2.14. The minimum atomic E-state index is -0.264. The van der Waals surface area contributed by atoms with E-state index in [0.717, 1.165) is 22.6 Å². The summed E-state index contributed by atoms with van der Waals surface area (Å²) in [5.41, 5.74) is 4.77. The second-order valence-electron chi connectivity index (χ2n) is 7.42. The first-order valence-electron chi connectivity index (χ1n) is 10.2. The summed E-state index contributed by atoms with van der Waals surface area (Å²) in [4.78, 5) is 29.0. The van der Waals surface area contributed by atoms with Gasteiger partial charge in [0, 0.05) is 48.0 Å². The molecular weight excluding hydrogens is 402 g/mol. The Morgan fingerprint density at radius 2 is 1.72 bits per heavy atom. The maximum absolute atomic E-state index is 12.5. The number of imidazole rings is 1. The van der Waals surface area contributed by atoms with Gasteiger partial charge in [-0.2, -0.15) is 5.10 Å². The van der Waals surface area contributed by atoms with Gasteiger partial charge in [0.15, 0.2) is 5.82 Å². The van der Waals surface area contributed by atoms with Crippen molar-refractivity contribution in [3.05, 3.63) is 101 Å². The van der Waals surface area contributed by atoms with Crippen molar-refractivity contribution in [3.8, 4) is 5.69 Å². The molecule has 0 aliphatic carbocycles. The van der Waals surface area contributed by atoms with Gasteiger partial charge in [-0.15, -0.1) is 0 Å². The van der Waals surface area contributed by atoms with E-state index in [2.05, 4.69) is 15.4 Å². The lowest BCUT2D eigenvalue weighted by Gasteiger charge is -2.05. The fraction of sp³-hybridized carbons (Fsp3) is 0.120. The summed E-state index contributed by atoms with van der Waals surface area (Å²) in [7, 11) is 1.77. The lowest BCUT2D eigenvalue weighted by molar-refractivity contribution is -0.111. The molecule has 1 N–H and O–H groups in total. The molecule has 0 bridgehead atoms. The molecule has 0 saturated carbocycles. The molecule has 7 nitrogen and oxygen atoms in total. The van der Waals surface area contributed by atoms with Crippen molar-refractivity contribution in [2.45, 2.75) is 13.8 Å². The van der Waals surface area contributed by atoms with Crippen molar-refractivity contribution in [3.63, 3.8) is 0 Å². The largest absolute Gasteiger partial charge is 0.331 e. The van der Waals surface area contributed by atoms with Crippen LogP contribution in [0.3, 0.4) is 0 Å². The number of nitrogens with one attached hydrogen (secondary N) is 1. The van der Waals surface area contributed by atoms with Crippen molar-refractivity contribution >= 4 is 23.5 Å². The summed E-state index contributed by atoms with van der Waals surface area (Å²) in [6, 6.07) is 16.6. The van der Waals surface area contributed by atoms with Crippen molar-refractivity contribution in [2.24, 2.45) is 7.05 Å². The van der Waals surface area contributed by atoms with Crippen LogP contribution in [-0.4, -0.2) is 31.0 Å². The molecule has 0 aliphatic heterocycles.